The third-order valence-corrected chi connectivity index (χ3v) is 4.73. The largest absolute Gasteiger partial charge is 0.457 e. The van der Waals surface area contributed by atoms with Crippen LogP contribution in [0.4, 0.5) is 11.4 Å². The number of aryl methyl sites for hydroxylation is 1. The Morgan fingerprint density at radius 3 is 2.31 bits per heavy atom. The number of rotatable bonds is 7. The van der Waals surface area contributed by atoms with Gasteiger partial charge in [-0.1, -0.05) is 23.7 Å². The molecule has 0 spiro atoms. The van der Waals surface area contributed by atoms with E-state index >= 15 is 0 Å². The van der Waals surface area contributed by atoms with Crippen LogP contribution in [0.25, 0.3) is 0 Å². The van der Waals surface area contributed by atoms with Gasteiger partial charge in [0.05, 0.1) is 0 Å². The number of anilines is 2. The minimum Gasteiger partial charge on any atom is -0.457 e. The zero-order valence-electron chi connectivity index (χ0n) is 17.4. The van der Waals surface area contributed by atoms with E-state index in [-0.39, 0.29) is 18.0 Å². The number of aromatic nitrogens is 1. The Bertz CT molecular complexity index is 1170. The SMILES string of the molecule is CNC(=O)c1cc(Oc2cccc(NC(=O)CC(=O)Nc3ccc(C)c(Cl)c3)c2)ccn1. The fourth-order valence-electron chi connectivity index (χ4n) is 2.73. The van der Waals surface area contributed by atoms with Gasteiger partial charge in [-0.3, -0.25) is 19.4 Å². The van der Waals surface area contributed by atoms with E-state index in [1.54, 1.807) is 48.5 Å². The highest BCUT2D eigenvalue weighted by molar-refractivity contribution is 6.31. The molecule has 0 atom stereocenters. The van der Waals surface area contributed by atoms with Crippen LogP contribution >= 0.6 is 11.6 Å². The van der Waals surface area contributed by atoms with E-state index < -0.39 is 11.8 Å². The van der Waals surface area contributed by atoms with Gasteiger partial charge in [-0.15, -0.1) is 0 Å². The smallest absolute Gasteiger partial charge is 0.269 e. The predicted octanol–water partition coefficient (Wildman–Crippen LogP) is 4.16. The molecule has 0 aliphatic carbocycles. The number of carbonyl (C=O) groups excluding carboxylic acids is 3. The number of amides is 3. The summed E-state index contributed by atoms with van der Waals surface area (Å²) in [4.78, 5) is 40.1. The quantitative estimate of drug-likeness (QED) is 0.466. The fraction of sp³-hybridized carbons (Fsp3) is 0.130. The van der Waals surface area contributed by atoms with Gasteiger partial charge in [-0.25, -0.2) is 0 Å². The Kier molecular flexibility index (Phi) is 7.41. The molecule has 0 radical (unpaired) electrons. The van der Waals surface area contributed by atoms with Crippen molar-refractivity contribution in [3.05, 3.63) is 77.1 Å². The number of nitrogens with one attached hydrogen (secondary N) is 3. The summed E-state index contributed by atoms with van der Waals surface area (Å²) in [7, 11) is 1.51. The van der Waals surface area contributed by atoms with Crippen LogP contribution in [0.15, 0.2) is 60.8 Å². The van der Waals surface area contributed by atoms with Crippen LogP contribution in [0.5, 0.6) is 11.5 Å². The van der Waals surface area contributed by atoms with Crippen LogP contribution < -0.4 is 20.7 Å². The maximum absolute atomic E-state index is 12.3. The van der Waals surface area contributed by atoms with E-state index in [1.165, 1.54) is 19.3 Å². The van der Waals surface area contributed by atoms with Crippen LogP contribution in [0.3, 0.4) is 0 Å². The number of hydrogen-bond donors (Lipinski definition) is 3. The molecule has 0 aliphatic rings. The molecule has 32 heavy (non-hydrogen) atoms. The number of nitrogens with zero attached hydrogens (tertiary/aromatic N) is 1. The molecule has 164 valence electrons. The summed E-state index contributed by atoms with van der Waals surface area (Å²) >= 11 is 6.05. The van der Waals surface area contributed by atoms with Crippen molar-refractivity contribution in [2.45, 2.75) is 13.3 Å². The lowest BCUT2D eigenvalue weighted by molar-refractivity contribution is -0.123. The zero-order valence-corrected chi connectivity index (χ0v) is 18.2. The van der Waals surface area contributed by atoms with Crippen LogP contribution in [0.2, 0.25) is 5.02 Å². The molecule has 2 aromatic carbocycles. The van der Waals surface area contributed by atoms with Gasteiger partial charge in [0, 0.05) is 41.8 Å². The van der Waals surface area contributed by atoms with Gasteiger partial charge in [0.15, 0.2) is 0 Å². The van der Waals surface area contributed by atoms with Gasteiger partial charge in [-0.05, 0) is 42.8 Å². The summed E-state index contributed by atoms with van der Waals surface area (Å²) in [5, 5.41) is 8.33. The van der Waals surface area contributed by atoms with Gasteiger partial charge in [0.1, 0.15) is 23.6 Å². The second kappa shape index (κ2) is 10.4. The third kappa shape index (κ3) is 6.29. The van der Waals surface area contributed by atoms with Crippen molar-refractivity contribution in [2.24, 2.45) is 0 Å². The summed E-state index contributed by atoms with van der Waals surface area (Å²) in [6, 6.07) is 14.9. The van der Waals surface area contributed by atoms with Gasteiger partial charge in [0.2, 0.25) is 11.8 Å². The minimum atomic E-state index is -0.483. The van der Waals surface area contributed by atoms with Gasteiger partial charge >= 0.3 is 0 Å². The van der Waals surface area contributed by atoms with E-state index in [0.717, 1.165) is 5.56 Å². The molecule has 0 bridgehead atoms. The van der Waals surface area contributed by atoms with E-state index in [1.807, 2.05) is 6.92 Å². The first-order chi connectivity index (χ1) is 15.3. The van der Waals surface area contributed by atoms with Crippen molar-refractivity contribution in [1.29, 1.82) is 0 Å². The summed E-state index contributed by atoms with van der Waals surface area (Å²) in [6.45, 7) is 1.86. The third-order valence-electron chi connectivity index (χ3n) is 4.32. The molecule has 9 heteroatoms. The topological polar surface area (TPSA) is 109 Å². The van der Waals surface area contributed by atoms with Crippen molar-refractivity contribution in [3.63, 3.8) is 0 Å². The van der Waals surface area contributed by atoms with Crippen LogP contribution in [0, 0.1) is 6.92 Å². The maximum atomic E-state index is 12.3. The van der Waals surface area contributed by atoms with Crippen molar-refractivity contribution >= 4 is 40.7 Å². The Balaban J connectivity index is 1.59. The van der Waals surface area contributed by atoms with E-state index in [0.29, 0.717) is 27.9 Å². The van der Waals surface area contributed by atoms with E-state index in [2.05, 4.69) is 20.9 Å². The second-order valence-electron chi connectivity index (χ2n) is 6.82. The lowest BCUT2D eigenvalue weighted by Crippen LogP contribution is -2.21. The van der Waals surface area contributed by atoms with Crippen molar-refractivity contribution < 1.29 is 19.1 Å². The molecule has 0 unspecified atom stereocenters. The number of benzene rings is 2. The van der Waals surface area contributed by atoms with E-state index in [4.69, 9.17) is 16.3 Å². The molecule has 0 aliphatic heterocycles. The molecule has 8 nitrogen and oxygen atoms in total. The predicted molar refractivity (Wildman–Crippen MR) is 122 cm³/mol. The minimum absolute atomic E-state index is 0.218. The fourth-order valence-corrected chi connectivity index (χ4v) is 2.91. The van der Waals surface area contributed by atoms with Gasteiger partial charge < -0.3 is 20.7 Å². The number of carbonyl (C=O) groups is 3. The molecule has 3 aromatic rings. The van der Waals surface area contributed by atoms with Gasteiger partial charge in [-0.2, -0.15) is 0 Å². The van der Waals surface area contributed by atoms with Crippen molar-refractivity contribution in [3.8, 4) is 11.5 Å². The second-order valence-corrected chi connectivity index (χ2v) is 7.23. The average Bonchev–Trinajstić information content (AvgIpc) is 2.76. The van der Waals surface area contributed by atoms with Crippen LogP contribution in [-0.2, 0) is 9.59 Å². The molecule has 0 saturated carbocycles. The molecular formula is C23H21ClN4O4. The first-order valence-electron chi connectivity index (χ1n) is 9.66. The molecule has 3 amide bonds. The maximum Gasteiger partial charge on any atom is 0.269 e. The molecular weight excluding hydrogens is 432 g/mol. The lowest BCUT2D eigenvalue weighted by Gasteiger charge is -2.10. The molecule has 1 heterocycles. The highest BCUT2D eigenvalue weighted by Gasteiger charge is 2.12. The van der Waals surface area contributed by atoms with Gasteiger partial charge in [0.25, 0.3) is 5.91 Å². The average molecular weight is 453 g/mol. The Hall–Kier alpha value is -3.91. The number of halogens is 1. The summed E-state index contributed by atoms with van der Waals surface area (Å²) in [5.41, 5.74) is 2.08. The molecule has 0 saturated heterocycles. The van der Waals surface area contributed by atoms with Crippen LogP contribution in [-0.4, -0.2) is 29.8 Å². The van der Waals surface area contributed by atoms with Crippen molar-refractivity contribution in [1.82, 2.24) is 10.3 Å². The molecule has 0 fully saturated rings. The summed E-state index contributed by atoms with van der Waals surface area (Å²) in [5.74, 6) is -0.423. The van der Waals surface area contributed by atoms with Crippen molar-refractivity contribution in [2.75, 3.05) is 17.7 Å². The first-order valence-corrected chi connectivity index (χ1v) is 10.0. The number of hydrogen-bond acceptors (Lipinski definition) is 5. The standard InChI is InChI=1S/C23H21ClN4O4/c1-14-6-7-16(11-19(14)24)28-22(30)13-21(29)27-15-4-3-5-17(10-15)32-18-8-9-26-20(12-18)23(31)25-2/h3-12H,13H2,1-2H3,(H,25,31)(H,27,29)(H,28,30). The van der Waals surface area contributed by atoms with Crippen LogP contribution in [0.1, 0.15) is 22.5 Å². The first kappa shape index (κ1) is 22.8. The Morgan fingerprint density at radius 2 is 1.62 bits per heavy atom. The summed E-state index contributed by atoms with van der Waals surface area (Å²) < 4.78 is 5.75. The monoisotopic (exact) mass is 452 g/mol. The summed E-state index contributed by atoms with van der Waals surface area (Å²) in [6.07, 6.45) is 1.10. The zero-order chi connectivity index (χ0) is 23.1. The molecule has 3 N–H and O–H groups in total. The number of pyridine rings is 1. The normalized spacial score (nSPS) is 10.2. The molecule has 1 aromatic heterocycles. The highest BCUT2D eigenvalue weighted by Crippen LogP contribution is 2.25. The Morgan fingerprint density at radius 1 is 0.938 bits per heavy atom. The molecule has 3 rings (SSSR count). The van der Waals surface area contributed by atoms with E-state index in [9.17, 15) is 14.4 Å². The highest BCUT2D eigenvalue weighted by atomic mass is 35.5. The number of ether oxygens (including phenoxy) is 1. The Labute approximate surface area is 190 Å². The lowest BCUT2D eigenvalue weighted by atomic mass is 10.2.